The number of aliphatic carboxylic acids is 1. The first-order valence-corrected chi connectivity index (χ1v) is 6.24. The van der Waals surface area contributed by atoms with Crippen molar-refractivity contribution in [2.75, 3.05) is 0 Å². The van der Waals surface area contributed by atoms with Crippen LogP contribution in [0.25, 0.3) is 0 Å². The summed E-state index contributed by atoms with van der Waals surface area (Å²) >= 11 is 3.00. The Labute approximate surface area is 122 Å². The lowest BCUT2D eigenvalue weighted by Gasteiger charge is -2.12. The maximum Gasteiger partial charge on any atom is 0.326 e. The fourth-order valence-corrected chi connectivity index (χ4v) is 1.81. The van der Waals surface area contributed by atoms with Gasteiger partial charge in [0.25, 0.3) is 11.6 Å². The SMILES string of the molecule is C=CCC(NC(=O)c1ccc(Br)c([N+](=O)[O-])c1)C(=O)O. The van der Waals surface area contributed by atoms with Crippen LogP contribution in [0.15, 0.2) is 35.3 Å². The van der Waals surface area contributed by atoms with Gasteiger partial charge in [0.15, 0.2) is 0 Å². The average Bonchev–Trinajstić information content (AvgIpc) is 2.38. The molecule has 0 aliphatic heterocycles. The highest BCUT2D eigenvalue weighted by Crippen LogP contribution is 2.25. The molecule has 1 amide bonds. The molecule has 0 aliphatic carbocycles. The molecule has 106 valence electrons. The van der Waals surface area contributed by atoms with Gasteiger partial charge in [0.05, 0.1) is 9.40 Å². The van der Waals surface area contributed by atoms with Crippen molar-refractivity contribution in [3.8, 4) is 0 Å². The molecule has 7 nitrogen and oxygen atoms in total. The van der Waals surface area contributed by atoms with E-state index in [0.717, 1.165) is 6.07 Å². The van der Waals surface area contributed by atoms with Crippen molar-refractivity contribution in [2.45, 2.75) is 12.5 Å². The lowest BCUT2D eigenvalue weighted by atomic mass is 10.1. The first kappa shape index (κ1) is 15.8. The van der Waals surface area contributed by atoms with Crippen LogP contribution in [0.5, 0.6) is 0 Å². The third kappa shape index (κ3) is 3.89. The molecular formula is C12H11BrN2O5. The zero-order valence-corrected chi connectivity index (χ0v) is 11.8. The molecule has 0 fully saturated rings. The number of hydrogen-bond acceptors (Lipinski definition) is 4. The fourth-order valence-electron chi connectivity index (χ4n) is 1.42. The molecule has 0 spiro atoms. The van der Waals surface area contributed by atoms with Crippen LogP contribution >= 0.6 is 15.9 Å². The van der Waals surface area contributed by atoms with E-state index in [-0.39, 0.29) is 22.1 Å². The number of carbonyl (C=O) groups is 2. The van der Waals surface area contributed by atoms with Gasteiger partial charge in [0.2, 0.25) is 0 Å². The Morgan fingerprint density at radius 2 is 2.20 bits per heavy atom. The Balaban J connectivity index is 2.97. The first-order chi connectivity index (χ1) is 9.36. The molecule has 1 unspecified atom stereocenters. The molecule has 0 saturated heterocycles. The van der Waals surface area contributed by atoms with E-state index >= 15 is 0 Å². The van der Waals surface area contributed by atoms with Crippen LogP contribution in [0, 0.1) is 10.1 Å². The minimum Gasteiger partial charge on any atom is -0.480 e. The van der Waals surface area contributed by atoms with E-state index in [9.17, 15) is 19.7 Å². The predicted octanol–water partition coefficient (Wildman–Crippen LogP) is 2.12. The predicted molar refractivity (Wildman–Crippen MR) is 74.5 cm³/mol. The lowest BCUT2D eigenvalue weighted by Crippen LogP contribution is -2.40. The minimum atomic E-state index is -1.20. The summed E-state index contributed by atoms with van der Waals surface area (Å²) in [5.41, 5.74) is -0.261. The highest BCUT2D eigenvalue weighted by molar-refractivity contribution is 9.10. The van der Waals surface area contributed by atoms with E-state index < -0.39 is 22.8 Å². The zero-order valence-electron chi connectivity index (χ0n) is 10.2. The standard InChI is InChI=1S/C12H11BrN2O5/c1-2-3-9(12(17)18)14-11(16)7-4-5-8(13)10(6-7)15(19)20/h2,4-6,9H,1,3H2,(H,14,16)(H,17,18). The van der Waals surface area contributed by atoms with E-state index in [2.05, 4.69) is 27.8 Å². The third-order valence-electron chi connectivity index (χ3n) is 2.41. The molecule has 2 N–H and O–H groups in total. The van der Waals surface area contributed by atoms with Gasteiger partial charge in [-0.2, -0.15) is 0 Å². The molecule has 1 rings (SSSR count). The van der Waals surface area contributed by atoms with Crippen molar-refractivity contribution in [3.63, 3.8) is 0 Å². The molecule has 1 atom stereocenters. The van der Waals surface area contributed by atoms with Gasteiger partial charge in [-0.1, -0.05) is 6.08 Å². The van der Waals surface area contributed by atoms with Gasteiger partial charge in [-0.25, -0.2) is 4.79 Å². The Morgan fingerprint density at radius 1 is 1.55 bits per heavy atom. The van der Waals surface area contributed by atoms with Crippen LogP contribution in [0.1, 0.15) is 16.8 Å². The Hall–Kier alpha value is -2.22. The molecule has 8 heteroatoms. The first-order valence-electron chi connectivity index (χ1n) is 5.45. The summed E-state index contributed by atoms with van der Waals surface area (Å²) in [5.74, 6) is -1.90. The molecule has 0 aliphatic rings. The number of nitrogens with zero attached hydrogens (tertiary/aromatic N) is 1. The second-order valence-electron chi connectivity index (χ2n) is 3.81. The van der Waals surface area contributed by atoms with Crippen molar-refractivity contribution in [1.29, 1.82) is 0 Å². The van der Waals surface area contributed by atoms with Crippen LogP contribution in [-0.2, 0) is 4.79 Å². The Kier molecular flexibility index (Phi) is 5.39. The van der Waals surface area contributed by atoms with E-state index in [1.807, 2.05) is 0 Å². The number of carboxylic acids is 1. The molecule has 1 aromatic rings. The number of nitro groups is 1. The van der Waals surface area contributed by atoms with Crippen molar-refractivity contribution in [2.24, 2.45) is 0 Å². The van der Waals surface area contributed by atoms with Crippen LogP contribution in [0.2, 0.25) is 0 Å². The number of halogens is 1. The number of nitro benzene ring substituents is 1. The quantitative estimate of drug-likeness (QED) is 0.467. The van der Waals surface area contributed by atoms with E-state index in [1.54, 1.807) is 0 Å². The summed E-state index contributed by atoms with van der Waals surface area (Å²) in [7, 11) is 0. The highest BCUT2D eigenvalue weighted by atomic mass is 79.9. The molecule has 0 heterocycles. The summed E-state index contributed by atoms with van der Waals surface area (Å²) in [6, 6.07) is 2.67. The van der Waals surface area contributed by atoms with Crippen LogP contribution < -0.4 is 5.32 Å². The smallest absolute Gasteiger partial charge is 0.326 e. The van der Waals surface area contributed by atoms with E-state index in [0.29, 0.717) is 0 Å². The van der Waals surface area contributed by atoms with E-state index in [4.69, 9.17) is 5.11 Å². The molecule has 1 aromatic carbocycles. The average molecular weight is 343 g/mol. The Bertz CT molecular complexity index is 573. The summed E-state index contributed by atoms with van der Waals surface area (Å²) in [4.78, 5) is 32.9. The molecular weight excluding hydrogens is 332 g/mol. The number of hydrogen-bond donors (Lipinski definition) is 2. The van der Waals surface area contributed by atoms with Gasteiger partial charge in [-0.15, -0.1) is 6.58 Å². The molecule has 0 saturated carbocycles. The summed E-state index contributed by atoms with van der Waals surface area (Å²) in [5, 5.41) is 21.9. The number of carboxylic acid groups (broad SMARTS) is 1. The second-order valence-corrected chi connectivity index (χ2v) is 4.67. The second kappa shape index (κ2) is 6.80. The number of benzene rings is 1. The largest absolute Gasteiger partial charge is 0.480 e. The maximum atomic E-state index is 11.9. The number of carbonyl (C=O) groups excluding carboxylic acids is 1. The maximum absolute atomic E-state index is 11.9. The van der Waals surface area contributed by atoms with Gasteiger partial charge in [-0.3, -0.25) is 14.9 Å². The fraction of sp³-hybridized carbons (Fsp3) is 0.167. The number of amides is 1. The van der Waals surface area contributed by atoms with Crippen molar-refractivity contribution >= 4 is 33.5 Å². The van der Waals surface area contributed by atoms with Gasteiger partial charge >= 0.3 is 5.97 Å². The highest BCUT2D eigenvalue weighted by Gasteiger charge is 2.21. The number of nitrogens with one attached hydrogen (secondary N) is 1. The normalized spacial score (nSPS) is 11.4. The van der Waals surface area contributed by atoms with Crippen LogP contribution in [-0.4, -0.2) is 27.9 Å². The topological polar surface area (TPSA) is 110 Å². The van der Waals surface area contributed by atoms with E-state index in [1.165, 1.54) is 18.2 Å². The van der Waals surface area contributed by atoms with Crippen LogP contribution in [0.3, 0.4) is 0 Å². The van der Waals surface area contributed by atoms with Crippen LogP contribution in [0.4, 0.5) is 5.69 Å². The molecule has 0 aromatic heterocycles. The van der Waals surface area contributed by atoms with Gasteiger partial charge in [0, 0.05) is 11.6 Å². The van der Waals surface area contributed by atoms with Gasteiger partial charge < -0.3 is 10.4 Å². The number of rotatable bonds is 6. The summed E-state index contributed by atoms with van der Waals surface area (Å²) in [6.07, 6.45) is 1.42. The third-order valence-corrected chi connectivity index (χ3v) is 3.08. The minimum absolute atomic E-state index is 0.00946. The van der Waals surface area contributed by atoms with Gasteiger partial charge in [-0.05, 0) is 34.5 Å². The monoisotopic (exact) mass is 342 g/mol. The van der Waals surface area contributed by atoms with Crippen molar-refractivity contribution in [3.05, 3.63) is 51.0 Å². The van der Waals surface area contributed by atoms with Gasteiger partial charge in [0.1, 0.15) is 6.04 Å². The lowest BCUT2D eigenvalue weighted by molar-refractivity contribution is -0.385. The molecule has 20 heavy (non-hydrogen) atoms. The summed E-state index contributed by atoms with van der Waals surface area (Å²) in [6.45, 7) is 3.40. The zero-order chi connectivity index (χ0) is 15.3. The summed E-state index contributed by atoms with van der Waals surface area (Å²) < 4.78 is 0.236. The molecule has 0 radical (unpaired) electrons. The molecule has 0 bridgehead atoms. The Morgan fingerprint density at radius 3 is 2.70 bits per heavy atom. The van der Waals surface area contributed by atoms with Crippen molar-refractivity contribution < 1.29 is 19.6 Å². The van der Waals surface area contributed by atoms with Crippen molar-refractivity contribution in [1.82, 2.24) is 5.32 Å².